The molecule has 1 fully saturated rings. The molecule has 0 radical (unpaired) electrons. The number of nitrogens with zero attached hydrogens (tertiary/aromatic N) is 3. The fourth-order valence-electron chi connectivity index (χ4n) is 4.26. The van der Waals surface area contributed by atoms with Crippen LogP contribution < -0.4 is 9.03 Å². The molecule has 1 saturated carbocycles. The van der Waals surface area contributed by atoms with Gasteiger partial charge < -0.3 is 8.87 Å². The second-order valence-electron chi connectivity index (χ2n) is 9.54. The van der Waals surface area contributed by atoms with E-state index in [1.807, 2.05) is 7.05 Å². The highest BCUT2D eigenvalue weighted by Gasteiger charge is 2.32. The van der Waals surface area contributed by atoms with Gasteiger partial charge in [-0.05, 0) is 43.4 Å². The van der Waals surface area contributed by atoms with Crippen molar-refractivity contribution in [3.05, 3.63) is 24.0 Å². The standard InChI is InChI=1S/C23H36F2N4S/c1-6-26-30-28(5)18-9-10-20-19(16-18)27-21(22(2,3)4)29(20)15-12-17-8-7-13-23(24,25)14-11-17/h9-10,16-17,26H,6-8,11-15H2,1-5H3. The highest BCUT2D eigenvalue weighted by Crippen LogP contribution is 2.36. The Morgan fingerprint density at radius 3 is 2.73 bits per heavy atom. The molecule has 1 aromatic heterocycles. The highest BCUT2D eigenvalue weighted by atomic mass is 32.2. The van der Waals surface area contributed by atoms with Crippen LogP contribution in [-0.2, 0) is 12.0 Å². The molecule has 1 unspecified atom stereocenters. The van der Waals surface area contributed by atoms with Crippen LogP contribution in [0, 0.1) is 5.92 Å². The zero-order valence-electron chi connectivity index (χ0n) is 19.0. The number of hydrogen-bond donors (Lipinski definition) is 1. The molecular formula is C23H36F2N4S. The summed E-state index contributed by atoms with van der Waals surface area (Å²) in [4.78, 5) is 5.00. The van der Waals surface area contributed by atoms with Crippen molar-refractivity contribution in [1.29, 1.82) is 0 Å². The van der Waals surface area contributed by atoms with Crippen LogP contribution in [0.2, 0.25) is 0 Å². The molecule has 168 valence electrons. The van der Waals surface area contributed by atoms with Gasteiger partial charge >= 0.3 is 0 Å². The van der Waals surface area contributed by atoms with E-state index < -0.39 is 5.92 Å². The van der Waals surface area contributed by atoms with Crippen LogP contribution >= 0.6 is 12.1 Å². The third kappa shape index (κ3) is 5.67. The van der Waals surface area contributed by atoms with E-state index in [9.17, 15) is 8.78 Å². The average Bonchev–Trinajstić information content (AvgIpc) is 2.96. The van der Waals surface area contributed by atoms with Crippen LogP contribution in [-0.4, -0.2) is 29.1 Å². The number of benzene rings is 1. The summed E-state index contributed by atoms with van der Waals surface area (Å²) in [5.74, 6) is -1.04. The third-order valence-electron chi connectivity index (χ3n) is 5.95. The van der Waals surface area contributed by atoms with Gasteiger partial charge in [-0.2, -0.15) is 0 Å². The van der Waals surface area contributed by atoms with Crippen LogP contribution in [0.1, 0.15) is 72.0 Å². The SMILES string of the molecule is CCNSN(C)c1ccc2c(c1)nc(C(C)(C)C)n2CCC1CCCC(F)(F)CC1. The van der Waals surface area contributed by atoms with Crippen LogP contribution in [0.4, 0.5) is 14.5 Å². The van der Waals surface area contributed by atoms with Crippen LogP contribution in [0.25, 0.3) is 11.0 Å². The lowest BCUT2D eigenvalue weighted by molar-refractivity contribution is -0.0149. The van der Waals surface area contributed by atoms with Gasteiger partial charge in [-0.3, -0.25) is 0 Å². The molecule has 0 amide bonds. The third-order valence-corrected chi connectivity index (χ3v) is 6.85. The first-order valence-electron chi connectivity index (χ1n) is 11.1. The smallest absolute Gasteiger partial charge is 0.248 e. The molecule has 1 heterocycles. The molecule has 1 aromatic carbocycles. The molecule has 1 N–H and O–H groups in total. The lowest BCUT2D eigenvalue weighted by Gasteiger charge is -2.22. The van der Waals surface area contributed by atoms with Gasteiger partial charge in [-0.25, -0.2) is 18.5 Å². The summed E-state index contributed by atoms with van der Waals surface area (Å²) in [6.07, 6.45) is 3.18. The van der Waals surface area contributed by atoms with Gasteiger partial charge in [0.05, 0.1) is 16.7 Å². The van der Waals surface area contributed by atoms with E-state index in [4.69, 9.17) is 4.98 Å². The molecule has 0 saturated heterocycles. The number of fused-ring (bicyclic) bond motifs is 1. The maximum Gasteiger partial charge on any atom is 0.248 e. The van der Waals surface area contributed by atoms with Crippen molar-refractivity contribution < 1.29 is 8.78 Å². The normalized spacial score (nSPS) is 19.8. The number of nitrogens with one attached hydrogen (secondary N) is 1. The zero-order valence-corrected chi connectivity index (χ0v) is 19.8. The maximum atomic E-state index is 13.7. The number of aryl methyl sites for hydroxylation is 1. The minimum absolute atomic E-state index is 0.0353. The van der Waals surface area contributed by atoms with Gasteiger partial charge in [-0.15, -0.1) is 0 Å². The van der Waals surface area contributed by atoms with Gasteiger partial charge in [-0.1, -0.05) is 34.1 Å². The largest absolute Gasteiger partial charge is 0.328 e. The monoisotopic (exact) mass is 438 g/mol. The van der Waals surface area contributed by atoms with Crippen molar-refractivity contribution >= 4 is 28.9 Å². The number of alkyl halides is 2. The first-order chi connectivity index (χ1) is 14.1. The summed E-state index contributed by atoms with van der Waals surface area (Å²) in [7, 11) is 2.04. The van der Waals surface area contributed by atoms with Crippen LogP contribution in [0.5, 0.6) is 0 Å². The maximum absolute atomic E-state index is 13.7. The number of imidazole rings is 1. The van der Waals surface area contributed by atoms with Crippen LogP contribution in [0.15, 0.2) is 18.2 Å². The molecule has 2 aromatic rings. The molecule has 7 heteroatoms. The molecule has 30 heavy (non-hydrogen) atoms. The van der Waals surface area contributed by atoms with E-state index >= 15 is 0 Å². The second-order valence-corrected chi connectivity index (χ2v) is 10.6. The first kappa shape index (κ1) is 23.3. The zero-order chi connectivity index (χ0) is 21.9. The van der Waals surface area contributed by atoms with Crippen LogP contribution in [0.3, 0.4) is 0 Å². The number of hydrogen-bond acceptors (Lipinski definition) is 4. The molecule has 1 aliphatic carbocycles. The Hall–Kier alpha value is -1.34. The number of rotatable bonds is 7. The van der Waals surface area contributed by atoms with Crippen molar-refractivity contribution in [2.24, 2.45) is 5.92 Å². The Bertz CT molecular complexity index is 844. The van der Waals surface area contributed by atoms with E-state index in [1.165, 1.54) is 0 Å². The summed E-state index contributed by atoms with van der Waals surface area (Å²) in [5, 5.41) is 0. The van der Waals surface area contributed by atoms with Crippen molar-refractivity contribution in [2.75, 3.05) is 17.9 Å². The summed E-state index contributed by atoms with van der Waals surface area (Å²) in [6, 6.07) is 6.41. The summed E-state index contributed by atoms with van der Waals surface area (Å²) >= 11 is 1.57. The molecule has 3 rings (SSSR count). The van der Waals surface area contributed by atoms with Crippen molar-refractivity contribution in [3.8, 4) is 0 Å². The molecule has 1 atom stereocenters. The van der Waals surface area contributed by atoms with E-state index in [0.717, 1.165) is 48.5 Å². The van der Waals surface area contributed by atoms with Gasteiger partial charge in [0.15, 0.2) is 0 Å². The lowest BCUT2D eigenvalue weighted by atomic mass is 9.94. The summed E-state index contributed by atoms with van der Waals surface area (Å²) < 4.78 is 35.2. The Balaban J connectivity index is 1.83. The quantitative estimate of drug-likeness (QED) is 0.393. The van der Waals surface area contributed by atoms with E-state index in [2.05, 4.69) is 59.5 Å². The van der Waals surface area contributed by atoms with Crippen molar-refractivity contribution in [1.82, 2.24) is 14.3 Å². The second kappa shape index (κ2) is 9.43. The number of aromatic nitrogens is 2. The van der Waals surface area contributed by atoms with E-state index in [0.29, 0.717) is 18.8 Å². The van der Waals surface area contributed by atoms with Gasteiger partial charge in [0.2, 0.25) is 5.92 Å². The fourth-order valence-corrected chi connectivity index (χ4v) is 4.80. The minimum atomic E-state index is -2.47. The van der Waals surface area contributed by atoms with Gasteiger partial charge in [0.1, 0.15) is 5.82 Å². The van der Waals surface area contributed by atoms with E-state index in [-0.39, 0.29) is 18.3 Å². The Morgan fingerprint density at radius 1 is 1.27 bits per heavy atom. The predicted molar refractivity (Wildman–Crippen MR) is 124 cm³/mol. The summed E-state index contributed by atoms with van der Waals surface area (Å²) in [5.41, 5.74) is 3.14. The minimum Gasteiger partial charge on any atom is -0.328 e. The fraction of sp³-hybridized carbons (Fsp3) is 0.696. The Labute approximate surface area is 184 Å². The topological polar surface area (TPSA) is 33.1 Å². The predicted octanol–water partition coefficient (Wildman–Crippen LogP) is 6.55. The summed E-state index contributed by atoms with van der Waals surface area (Å²) in [6.45, 7) is 10.4. The highest BCUT2D eigenvalue weighted by molar-refractivity contribution is 7.98. The Kier molecular flexibility index (Phi) is 7.33. The van der Waals surface area contributed by atoms with Crippen molar-refractivity contribution in [2.45, 2.75) is 84.1 Å². The molecule has 4 nitrogen and oxygen atoms in total. The van der Waals surface area contributed by atoms with Crippen molar-refractivity contribution in [3.63, 3.8) is 0 Å². The average molecular weight is 439 g/mol. The Morgan fingerprint density at radius 2 is 2.03 bits per heavy atom. The first-order valence-corrected chi connectivity index (χ1v) is 11.9. The number of halogens is 2. The van der Waals surface area contributed by atoms with E-state index in [1.54, 1.807) is 12.1 Å². The molecule has 0 bridgehead atoms. The number of anilines is 1. The molecule has 0 spiro atoms. The molecule has 1 aliphatic rings. The molecule has 0 aliphatic heterocycles. The van der Waals surface area contributed by atoms with Gasteiger partial charge in [0, 0.05) is 50.5 Å². The van der Waals surface area contributed by atoms with Gasteiger partial charge in [0.25, 0.3) is 0 Å². The molecular weight excluding hydrogens is 402 g/mol. The lowest BCUT2D eigenvalue weighted by Crippen LogP contribution is -2.20.